The average Bonchev–Trinajstić information content (AvgIpc) is 3.49. The number of aryl methyl sites for hydroxylation is 1. The van der Waals surface area contributed by atoms with Gasteiger partial charge in [-0.15, -0.1) is 26.7 Å². The van der Waals surface area contributed by atoms with Gasteiger partial charge >= 0.3 is 0 Å². The van der Waals surface area contributed by atoms with Crippen molar-refractivity contribution in [2.24, 2.45) is 20.5 Å². The third-order valence-electron chi connectivity index (χ3n) is 6.28. The van der Waals surface area contributed by atoms with E-state index < -0.39 is 0 Å². The van der Waals surface area contributed by atoms with Crippen LogP contribution in [0.5, 0.6) is 0 Å². The predicted octanol–water partition coefficient (Wildman–Crippen LogP) is 10.5. The van der Waals surface area contributed by atoms with Crippen LogP contribution in [0.1, 0.15) is 38.5 Å². The van der Waals surface area contributed by atoms with Crippen LogP contribution in [0.15, 0.2) is 87.2 Å². The first-order valence-corrected chi connectivity index (χ1v) is 14.4. The summed E-state index contributed by atoms with van der Waals surface area (Å²) in [5.74, 6) is 0. The zero-order valence-electron chi connectivity index (χ0n) is 21.4. The van der Waals surface area contributed by atoms with Crippen LogP contribution in [0.2, 0.25) is 0 Å². The Morgan fingerprint density at radius 1 is 0.757 bits per heavy atom. The Balaban J connectivity index is 1.36. The first-order valence-electron chi connectivity index (χ1n) is 12.8. The zero-order valence-corrected chi connectivity index (χ0v) is 23.0. The Morgan fingerprint density at radius 3 is 2.05 bits per heavy atom. The second-order valence-corrected chi connectivity index (χ2v) is 10.8. The van der Waals surface area contributed by atoms with E-state index in [1.165, 1.54) is 28.1 Å². The average molecular weight is 527 g/mol. The van der Waals surface area contributed by atoms with Crippen LogP contribution in [-0.4, -0.2) is 18.1 Å². The molecular weight excluding hydrogens is 496 g/mol. The van der Waals surface area contributed by atoms with Gasteiger partial charge in [-0.05, 0) is 69.2 Å². The molecule has 2 heterocycles. The number of hydrogen-bond donors (Lipinski definition) is 0. The molecule has 0 aliphatic rings. The van der Waals surface area contributed by atoms with E-state index >= 15 is 0 Å². The van der Waals surface area contributed by atoms with Crippen LogP contribution < -0.4 is 4.90 Å². The van der Waals surface area contributed by atoms with Gasteiger partial charge in [0.15, 0.2) is 0 Å². The normalized spacial score (nSPS) is 12.0. The van der Waals surface area contributed by atoms with E-state index in [2.05, 4.69) is 69.3 Å². The first kappa shape index (κ1) is 25.2. The number of nitrogens with zero attached hydrogens (tertiary/aromatic N) is 6. The highest BCUT2D eigenvalue weighted by Gasteiger charge is 2.10. The molecule has 2 aromatic heterocycles. The van der Waals surface area contributed by atoms with Gasteiger partial charge in [0.2, 0.25) is 5.13 Å². The summed E-state index contributed by atoms with van der Waals surface area (Å²) in [5.41, 5.74) is 3.61. The van der Waals surface area contributed by atoms with Gasteiger partial charge in [0.25, 0.3) is 0 Å². The molecule has 0 fully saturated rings. The summed E-state index contributed by atoms with van der Waals surface area (Å²) in [4.78, 5) is 9.44. The zero-order chi connectivity index (χ0) is 25.6. The molecule has 0 spiro atoms. The van der Waals surface area contributed by atoms with Crippen molar-refractivity contribution in [3.8, 4) is 0 Å². The predicted molar refractivity (Wildman–Crippen MR) is 158 cm³/mol. The van der Waals surface area contributed by atoms with E-state index in [1.54, 1.807) is 22.7 Å². The lowest BCUT2D eigenvalue weighted by molar-refractivity contribution is 0.804. The summed E-state index contributed by atoms with van der Waals surface area (Å²) >= 11 is 3.36. The molecule has 37 heavy (non-hydrogen) atoms. The highest BCUT2D eigenvalue weighted by atomic mass is 32.1. The molecular formula is C29H30N6S2. The SMILES string of the molecule is CCCCc1cc2sc(N=Nc3ccc(N=Nc4ccc(N(CC)CC)cc4)c4ccccc34)nc2s1. The van der Waals surface area contributed by atoms with Crippen molar-refractivity contribution >= 4 is 70.9 Å². The minimum atomic E-state index is 0.685. The van der Waals surface area contributed by atoms with Gasteiger partial charge in [0, 0.05) is 34.4 Å². The monoisotopic (exact) mass is 526 g/mol. The minimum absolute atomic E-state index is 0.685. The van der Waals surface area contributed by atoms with Gasteiger partial charge in [0.1, 0.15) is 4.83 Å². The minimum Gasteiger partial charge on any atom is -0.372 e. The maximum Gasteiger partial charge on any atom is 0.231 e. The third-order valence-corrected chi connectivity index (χ3v) is 8.38. The van der Waals surface area contributed by atoms with Crippen molar-refractivity contribution in [1.29, 1.82) is 0 Å². The number of rotatable bonds is 10. The number of hydrogen-bond acceptors (Lipinski definition) is 8. The van der Waals surface area contributed by atoms with Gasteiger partial charge in [0.05, 0.1) is 21.8 Å². The van der Waals surface area contributed by atoms with Crippen molar-refractivity contribution in [2.45, 2.75) is 40.0 Å². The summed E-state index contributed by atoms with van der Waals surface area (Å²) in [6, 6.07) is 22.5. The molecule has 0 aliphatic carbocycles. The quantitative estimate of drug-likeness (QED) is 0.170. The van der Waals surface area contributed by atoms with Crippen LogP contribution >= 0.6 is 22.7 Å². The molecule has 3 aromatic carbocycles. The molecule has 0 saturated heterocycles. The molecule has 0 bridgehead atoms. The van der Waals surface area contributed by atoms with E-state index in [4.69, 9.17) is 0 Å². The van der Waals surface area contributed by atoms with Crippen molar-refractivity contribution in [1.82, 2.24) is 4.98 Å². The van der Waals surface area contributed by atoms with Crippen molar-refractivity contribution in [2.75, 3.05) is 18.0 Å². The molecule has 6 nitrogen and oxygen atoms in total. The first-order chi connectivity index (χ1) is 18.2. The van der Waals surface area contributed by atoms with Crippen molar-refractivity contribution < 1.29 is 0 Å². The Kier molecular flexibility index (Phi) is 7.96. The maximum atomic E-state index is 4.69. The fourth-order valence-electron chi connectivity index (χ4n) is 4.26. The number of aromatic nitrogens is 1. The lowest BCUT2D eigenvalue weighted by Crippen LogP contribution is -2.21. The van der Waals surface area contributed by atoms with E-state index in [9.17, 15) is 0 Å². The number of azo groups is 2. The summed E-state index contributed by atoms with van der Waals surface area (Å²) in [5, 5.41) is 20.7. The second kappa shape index (κ2) is 11.7. The molecule has 0 unspecified atom stereocenters. The maximum absolute atomic E-state index is 4.69. The molecule has 0 aliphatic heterocycles. The standard InChI is InChI=1S/C29H30N6S2/c1-4-7-10-22-19-27-28(36-22)30-29(37-27)34-33-26-18-17-25(23-11-8-9-12-24(23)26)32-31-20-13-15-21(16-14-20)35(5-2)6-3/h8-9,11-19H,4-7,10H2,1-3H3. The van der Waals surface area contributed by atoms with E-state index in [1.807, 2.05) is 48.5 Å². The van der Waals surface area contributed by atoms with Gasteiger partial charge in [-0.3, -0.25) is 0 Å². The Bertz CT molecular complexity index is 1510. The molecule has 5 rings (SSSR count). The molecule has 8 heteroatoms. The molecule has 0 atom stereocenters. The lowest BCUT2D eigenvalue weighted by atomic mass is 10.1. The number of unbranched alkanes of at least 4 members (excludes halogenated alkanes) is 1. The van der Waals surface area contributed by atoms with E-state index in [0.717, 1.165) is 52.2 Å². The molecule has 0 amide bonds. The lowest BCUT2D eigenvalue weighted by Gasteiger charge is -2.20. The Morgan fingerprint density at radius 2 is 1.43 bits per heavy atom. The smallest absolute Gasteiger partial charge is 0.231 e. The summed E-state index contributed by atoms with van der Waals surface area (Å²) in [7, 11) is 0. The van der Waals surface area contributed by atoms with Gasteiger partial charge in [-0.25, -0.2) is 4.98 Å². The summed E-state index contributed by atoms with van der Waals surface area (Å²) in [6.45, 7) is 8.50. The number of thiazole rings is 1. The molecule has 188 valence electrons. The van der Waals surface area contributed by atoms with Crippen LogP contribution in [0.4, 0.5) is 27.9 Å². The molecule has 0 N–H and O–H groups in total. The summed E-state index contributed by atoms with van der Waals surface area (Å²) in [6.07, 6.45) is 3.54. The Labute approximate surface area is 225 Å². The third kappa shape index (κ3) is 5.76. The van der Waals surface area contributed by atoms with Crippen LogP contribution in [-0.2, 0) is 6.42 Å². The largest absolute Gasteiger partial charge is 0.372 e. The second-order valence-electron chi connectivity index (χ2n) is 8.72. The highest BCUT2D eigenvalue weighted by molar-refractivity contribution is 7.28. The highest BCUT2D eigenvalue weighted by Crippen LogP contribution is 2.38. The number of thiophene rings is 1. The van der Waals surface area contributed by atoms with Gasteiger partial charge < -0.3 is 4.90 Å². The fraction of sp³-hybridized carbons (Fsp3) is 0.276. The van der Waals surface area contributed by atoms with Crippen LogP contribution in [0, 0.1) is 0 Å². The van der Waals surface area contributed by atoms with E-state index in [0.29, 0.717) is 5.13 Å². The Hall–Kier alpha value is -3.49. The van der Waals surface area contributed by atoms with Gasteiger partial charge in [-0.2, -0.15) is 5.11 Å². The fourth-order valence-corrected chi connectivity index (χ4v) is 6.35. The van der Waals surface area contributed by atoms with Gasteiger partial charge in [-0.1, -0.05) is 48.9 Å². The molecule has 0 saturated carbocycles. The number of benzene rings is 3. The van der Waals surface area contributed by atoms with Crippen LogP contribution in [0.25, 0.3) is 20.3 Å². The molecule has 0 radical (unpaired) electrons. The number of fused-ring (bicyclic) bond motifs is 2. The van der Waals surface area contributed by atoms with Crippen molar-refractivity contribution in [3.05, 3.63) is 71.6 Å². The van der Waals surface area contributed by atoms with Crippen LogP contribution in [0.3, 0.4) is 0 Å². The number of anilines is 1. The van der Waals surface area contributed by atoms with Crippen molar-refractivity contribution in [3.63, 3.8) is 0 Å². The topological polar surface area (TPSA) is 65.6 Å². The summed E-state index contributed by atoms with van der Waals surface area (Å²) < 4.78 is 1.19. The van der Waals surface area contributed by atoms with E-state index in [-0.39, 0.29) is 0 Å². The molecule has 5 aromatic rings.